The summed E-state index contributed by atoms with van der Waals surface area (Å²) < 4.78 is 5.20. The Morgan fingerprint density at radius 3 is 2.67 bits per heavy atom. The minimum absolute atomic E-state index is 0.202. The van der Waals surface area contributed by atoms with E-state index in [0.29, 0.717) is 28.7 Å². The van der Waals surface area contributed by atoms with Crippen molar-refractivity contribution < 1.29 is 14.3 Å². The summed E-state index contributed by atoms with van der Waals surface area (Å²) in [5.41, 5.74) is 1.35. The van der Waals surface area contributed by atoms with Crippen molar-refractivity contribution in [3.63, 3.8) is 0 Å². The number of urea groups is 1. The van der Waals surface area contributed by atoms with E-state index in [4.69, 9.17) is 4.74 Å². The molecule has 0 unspecified atom stereocenters. The van der Waals surface area contributed by atoms with Crippen LogP contribution in [0.1, 0.15) is 33.7 Å². The smallest absolute Gasteiger partial charge is 0.322 e. The third-order valence-corrected chi connectivity index (χ3v) is 5.81. The van der Waals surface area contributed by atoms with Crippen LogP contribution in [0.25, 0.3) is 0 Å². The fraction of sp³-hybridized carbons (Fsp3) is 0.238. The van der Waals surface area contributed by atoms with E-state index < -0.39 is 0 Å². The summed E-state index contributed by atoms with van der Waals surface area (Å²) in [6.45, 7) is 0.617. The van der Waals surface area contributed by atoms with Crippen molar-refractivity contribution in [2.45, 2.75) is 18.9 Å². The summed E-state index contributed by atoms with van der Waals surface area (Å²) in [6.07, 6.45) is 1.64. The number of para-hydroxylation sites is 1. The molecule has 2 N–H and O–H groups in total. The number of benzene rings is 2. The van der Waals surface area contributed by atoms with E-state index in [1.54, 1.807) is 18.1 Å². The van der Waals surface area contributed by atoms with Crippen molar-refractivity contribution in [2.24, 2.45) is 0 Å². The van der Waals surface area contributed by atoms with E-state index in [2.05, 4.69) is 20.8 Å². The van der Waals surface area contributed by atoms with E-state index in [1.807, 2.05) is 48.5 Å². The maximum absolute atomic E-state index is 12.8. The summed E-state index contributed by atoms with van der Waals surface area (Å²) in [5, 5.41) is 14.9. The Labute approximate surface area is 177 Å². The van der Waals surface area contributed by atoms with E-state index in [9.17, 15) is 9.59 Å². The Balaban J connectivity index is 1.44. The molecule has 1 atom stereocenters. The summed E-state index contributed by atoms with van der Waals surface area (Å²) in [5.74, 6) is 0.360. The van der Waals surface area contributed by atoms with Crippen molar-refractivity contribution in [1.82, 2.24) is 15.1 Å². The quantitative estimate of drug-likeness (QED) is 0.642. The van der Waals surface area contributed by atoms with Gasteiger partial charge in [0.2, 0.25) is 5.01 Å². The van der Waals surface area contributed by atoms with E-state index in [-0.39, 0.29) is 23.0 Å². The number of methoxy groups -OCH3 is 1. The number of hydrogen-bond acceptors (Lipinski definition) is 6. The van der Waals surface area contributed by atoms with Gasteiger partial charge in [-0.1, -0.05) is 35.6 Å². The highest BCUT2D eigenvalue weighted by Gasteiger charge is 2.33. The Morgan fingerprint density at radius 2 is 1.87 bits per heavy atom. The first-order chi connectivity index (χ1) is 14.6. The molecule has 1 aliphatic heterocycles. The maximum Gasteiger partial charge on any atom is 0.322 e. The average Bonchev–Trinajstić information content (AvgIpc) is 3.44. The van der Waals surface area contributed by atoms with Crippen LogP contribution in [0.3, 0.4) is 0 Å². The number of likely N-dealkylation sites (tertiary alicyclic amines) is 1. The van der Waals surface area contributed by atoms with Crippen LogP contribution in [0, 0.1) is 0 Å². The third-order valence-electron chi connectivity index (χ3n) is 4.79. The van der Waals surface area contributed by atoms with Crippen LogP contribution in [-0.2, 0) is 0 Å². The molecule has 4 rings (SSSR count). The van der Waals surface area contributed by atoms with E-state index in [0.717, 1.165) is 12.8 Å². The number of anilines is 2. The molecule has 0 aliphatic carbocycles. The molecule has 154 valence electrons. The molecule has 3 aromatic rings. The van der Waals surface area contributed by atoms with Gasteiger partial charge >= 0.3 is 6.03 Å². The van der Waals surface area contributed by atoms with Crippen molar-refractivity contribution in [1.29, 1.82) is 0 Å². The normalized spacial score (nSPS) is 15.6. The molecule has 2 heterocycles. The van der Waals surface area contributed by atoms with Crippen LogP contribution in [0.4, 0.5) is 16.2 Å². The van der Waals surface area contributed by atoms with Crippen LogP contribution in [0.2, 0.25) is 0 Å². The topological polar surface area (TPSA) is 96.4 Å². The fourth-order valence-electron chi connectivity index (χ4n) is 3.33. The molecule has 1 aromatic heterocycles. The molecule has 2 aromatic carbocycles. The second-order valence-corrected chi connectivity index (χ2v) is 7.79. The molecule has 0 bridgehead atoms. The Hall–Kier alpha value is -3.46. The van der Waals surface area contributed by atoms with Gasteiger partial charge in [0, 0.05) is 24.0 Å². The van der Waals surface area contributed by atoms with Gasteiger partial charge in [-0.2, -0.15) is 0 Å². The van der Waals surface area contributed by atoms with Crippen molar-refractivity contribution >= 4 is 34.6 Å². The number of rotatable bonds is 5. The minimum atomic E-state index is -0.310. The second kappa shape index (κ2) is 8.91. The highest BCUT2D eigenvalue weighted by Crippen LogP contribution is 2.34. The molecule has 8 nitrogen and oxygen atoms in total. The predicted molar refractivity (Wildman–Crippen MR) is 115 cm³/mol. The molecule has 30 heavy (non-hydrogen) atoms. The van der Waals surface area contributed by atoms with Gasteiger partial charge in [0.1, 0.15) is 10.8 Å². The van der Waals surface area contributed by atoms with Gasteiger partial charge in [-0.05, 0) is 37.1 Å². The van der Waals surface area contributed by atoms with E-state index >= 15 is 0 Å². The minimum Gasteiger partial charge on any atom is -0.497 e. The van der Waals surface area contributed by atoms with Crippen LogP contribution in [-0.4, -0.2) is 40.7 Å². The first-order valence-electron chi connectivity index (χ1n) is 9.55. The number of nitrogens with zero attached hydrogens (tertiary/aromatic N) is 3. The SMILES string of the molecule is COc1cccc(NC(=O)N2CCC[C@@H]2c2nnc(C(=O)Nc3ccccc3)s2)c1. The highest BCUT2D eigenvalue weighted by molar-refractivity contribution is 7.13. The lowest BCUT2D eigenvalue weighted by Crippen LogP contribution is -2.34. The first kappa shape index (κ1) is 19.8. The Morgan fingerprint density at radius 1 is 1.07 bits per heavy atom. The zero-order chi connectivity index (χ0) is 20.9. The van der Waals surface area contributed by atoms with Crippen LogP contribution < -0.4 is 15.4 Å². The second-order valence-electron chi connectivity index (χ2n) is 6.78. The Bertz CT molecular complexity index is 1040. The average molecular weight is 423 g/mol. The van der Waals surface area contributed by atoms with Crippen molar-refractivity contribution in [3.05, 3.63) is 64.6 Å². The third kappa shape index (κ3) is 4.41. The lowest BCUT2D eigenvalue weighted by molar-refractivity contribution is 0.102. The number of ether oxygens (including phenoxy) is 1. The molecule has 1 aliphatic rings. The maximum atomic E-state index is 12.8. The summed E-state index contributed by atoms with van der Waals surface area (Å²) in [6, 6.07) is 16.0. The lowest BCUT2D eigenvalue weighted by Gasteiger charge is -2.23. The van der Waals surface area contributed by atoms with Gasteiger partial charge in [0.15, 0.2) is 0 Å². The summed E-state index contributed by atoms with van der Waals surface area (Å²) in [7, 11) is 1.58. The molecule has 1 fully saturated rings. The standard InChI is InChI=1S/C21H21N5O3S/c1-29-16-10-5-9-15(13-16)23-21(28)26-12-6-11-17(26)19-24-25-20(30-19)18(27)22-14-7-3-2-4-8-14/h2-5,7-10,13,17H,6,11-12H2,1H3,(H,22,27)(H,23,28)/t17-/m1/s1. The number of aromatic nitrogens is 2. The van der Waals surface area contributed by atoms with E-state index in [1.165, 1.54) is 11.3 Å². The molecule has 1 saturated heterocycles. The van der Waals surface area contributed by atoms with Gasteiger partial charge in [-0.15, -0.1) is 10.2 Å². The van der Waals surface area contributed by atoms with Gasteiger partial charge < -0.3 is 20.3 Å². The largest absolute Gasteiger partial charge is 0.497 e. The van der Waals surface area contributed by atoms with Crippen molar-refractivity contribution in [3.8, 4) is 5.75 Å². The molecular weight excluding hydrogens is 402 g/mol. The Kier molecular flexibility index (Phi) is 5.89. The number of amides is 3. The number of nitrogens with one attached hydrogen (secondary N) is 2. The molecule has 0 saturated carbocycles. The van der Waals surface area contributed by atoms with Crippen molar-refractivity contribution in [2.75, 3.05) is 24.3 Å². The fourth-order valence-corrected chi connectivity index (χ4v) is 4.22. The number of hydrogen-bond donors (Lipinski definition) is 2. The van der Waals surface area contributed by atoms with Gasteiger partial charge in [0.25, 0.3) is 5.91 Å². The first-order valence-corrected chi connectivity index (χ1v) is 10.4. The monoisotopic (exact) mass is 423 g/mol. The number of carbonyl (C=O) groups excluding carboxylic acids is 2. The zero-order valence-corrected chi connectivity index (χ0v) is 17.2. The number of carbonyl (C=O) groups is 2. The molecule has 9 heteroatoms. The van der Waals surface area contributed by atoms with Gasteiger partial charge in [0.05, 0.1) is 13.2 Å². The van der Waals surface area contributed by atoms with Crippen LogP contribution in [0.5, 0.6) is 5.75 Å². The molecule has 3 amide bonds. The van der Waals surface area contributed by atoms with Crippen LogP contribution in [0.15, 0.2) is 54.6 Å². The lowest BCUT2D eigenvalue weighted by atomic mass is 10.2. The summed E-state index contributed by atoms with van der Waals surface area (Å²) >= 11 is 1.22. The van der Waals surface area contributed by atoms with Gasteiger partial charge in [-0.25, -0.2) is 4.79 Å². The van der Waals surface area contributed by atoms with Gasteiger partial charge in [-0.3, -0.25) is 4.79 Å². The summed E-state index contributed by atoms with van der Waals surface area (Å²) in [4.78, 5) is 27.0. The molecule has 0 spiro atoms. The highest BCUT2D eigenvalue weighted by atomic mass is 32.1. The molecular formula is C21H21N5O3S. The van der Waals surface area contributed by atoms with Crippen LogP contribution >= 0.6 is 11.3 Å². The predicted octanol–water partition coefficient (Wildman–Crippen LogP) is 4.17. The zero-order valence-electron chi connectivity index (χ0n) is 16.4. The molecule has 0 radical (unpaired) electrons.